The van der Waals surface area contributed by atoms with Crippen LogP contribution in [-0.2, 0) is 0 Å². The number of ether oxygens (including phenoxy) is 1. The molecule has 2 N–H and O–H groups in total. The normalized spacial score (nSPS) is 12.0. The Balaban J connectivity index is 1.80. The maximum absolute atomic E-state index is 13.6. The van der Waals surface area contributed by atoms with Gasteiger partial charge in [-0.1, -0.05) is 18.2 Å². The molecule has 0 spiro atoms. The number of halogens is 1. The molecule has 112 valence electrons. The Kier molecular flexibility index (Phi) is 5.17. The zero-order valence-electron chi connectivity index (χ0n) is 12.3. The summed E-state index contributed by atoms with van der Waals surface area (Å²) in [5, 5.41) is 12.8. The summed E-state index contributed by atoms with van der Waals surface area (Å²) in [5.41, 5.74) is 2.35. The van der Waals surface area contributed by atoms with Crippen LogP contribution in [0.25, 0.3) is 0 Å². The van der Waals surface area contributed by atoms with Crippen LogP contribution >= 0.6 is 0 Å². The van der Waals surface area contributed by atoms with Gasteiger partial charge >= 0.3 is 0 Å². The molecule has 0 aliphatic heterocycles. The highest BCUT2D eigenvalue weighted by atomic mass is 19.1. The summed E-state index contributed by atoms with van der Waals surface area (Å²) in [5.74, 6) is 0.400. The second kappa shape index (κ2) is 7.09. The van der Waals surface area contributed by atoms with E-state index in [1.165, 1.54) is 6.07 Å². The number of hydrogen-bond donors (Lipinski definition) is 2. The van der Waals surface area contributed by atoms with Gasteiger partial charge in [0.2, 0.25) is 0 Å². The van der Waals surface area contributed by atoms with E-state index in [0.717, 1.165) is 16.9 Å². The van der Waals surface area contributed by atoms with Crippen LogP contribution in [-0.4, -0.2) is 24.4 Å². The first-order valence-electron chi connectivity index (χ1n) is 6.92. The lowest BCUT2D eigenvalue weighted by molar-refractivity contribution is 0.117. The van der Waals surface area contributed by atoms with Gasteiger partial charge in [-0.3, -0.25) is 0 Å². The molecule has 1 atom stereocenters. The maximum Gasteiger partial charge on any atom is 0.146 e. The van der Waals surface area contributed by atoms with Crippen LogP contribution < -0.4 is 10.1 Å². The molecule has 21 heavy (non-hydrogen) atoms. The number of anilines is 1. The quantitative estimate of drug-likeness (QED) is 0.857. The number of aliphatic hydroxyl groups excluding tert-OH is 1. The molecule has 2 aromatic rings. The van der Waals surface area contributed by atoms with Crippen molar-refractivity contribution in [2.45, 2.75) is 20.0 Å². The maximum atomic E-state index is 13.6. The Morgan fingerprint density at radius 2 is 1.90 bits per heavy atom. The predicted molar refractivity (Wildman–Crippen MR) is 82.3 cm³/mol. The predicted octanol–water partition coefficient (Wildman–Crippen LogP) is 3.29. The van der Waals surface area contributed by atoms with Crippen LogP contribution in [0.3, 0.4) is 0 Å². The lowest BCUT2D eigenvalue weighted by Gasteiger charge is -2.15. The highest BCUT2D eigenvalue weighted by Crippen LogP contribution is 2.15. The van der Waals surface area contributed by atoms with Crippen LogP contribution in [0, 0.1) is 19.7 Å². The van der Waals surface area contributed by atoms with Gasteiger partial charge in [0.25, 0.3) is 0 Å². The van der Waals surface area contributed by atoms with Crippen molar-refractivity contribution in [3.63, 3.8) is 0 Å². The second-order valence-corrected chi connectivity index (χ2v) is 5.15. The largest absolute Gasteiger partial charge is 0.491 e. The first-order chi connectivity index (χ1) is 10.0. The summed E-state index contributed by atoms with van der Waals surface area (Å²) in [4.78, 5) is 0. The van der Waals surface area contributed by atoms with E-state index in [-0.39, 0.29) is 19.0 Å². The fraction of sp³-hybridized carbons (Fsp3) is 0.294. The third-order valence-corrected chi connectivity index (χ3v) is 3.08. The smallest absolute Gasteiger partial charge is 0.146 e. The Labute approximate surface area is 124 Å². The topological polar surface area (TPSA) is 41.5 Å². The molecule has 0 aliphatic rings. The lowest BCUT2D eigenvalue weighted by atomic mass is 10.2. The summed E-state index contributed by atoms with van der Waals surface area (Å²) in [6, 6.07) is 12.6. The van der Waals surface area contributed by atoms with Gasteiger partial charge in [-0.15, -0.1) is 0 Å². The van der Waals surface area contributed by atoms with Crippen LogP contribution in [0.2, 0.25) is 0 Å². The molecule has 2 aromatic carbocycles. The van der Waals surface area contributed by atoms with Gasteiger partial charge in [0.1, 0.15) is 24.3 Å². The standard InChI is InChI=1S/C17H20FNO2/c1-12-4-3-5-15(8-12)21-11-14(20)10-19-17-7-6-13(2)9-16(17)18/h3-9,14,19-20H,10-11H2,1-2H3. The van der Waals surface area contributed by atoms with E-state index >= 15 is 0 Å². The third-order valence-electron chi connectivity index (χ3n) is 3.08. The highest BCUT2D eigenvalue weighted by molar-refractivity contribution is 5.46. The summed E-state index contributed by atoms with van der Waals surface area (Å²) in [7, 11) is 0. The van der Waals surface area contributed by atoms with Gasteiger partial charge in [-0.2, -0.15) is 0 Å². The van der Waals surface area contributed by atoms with Gasteiger partial charge in [0, 0.05) is 6.54 Å². The van der Waals surface area contributed by atoms with Crippen molar-refractivity contribution in [2.24, 2.45) is 0 Å². The van der Waals surface area contributed by atoms with E-state index in [1.807, 2.05) is 44.2 Å². The minimum absolute atomic E-state index is 0.157. The minimum Gasteiger partial charge on any atom is -0.491 e. The van der Waals surface area contributed by atoms with Crippen LogP contribution in [0.15, 0.2) is 42.5 Å². The van der Waals surface area contributed by atoms with Crippen molar-refractivity contribution < 1.29 is 14.2 Å². The number of nitrogens with one attached hydrogen (secondary N) is 1. The van der Waals surface area contributed by atoms with Crippen molar-refractivity contribution in [1.82, 2.24) is 0 Å². The van der Waals surface area contributed by atoms with E-state index in [4.69, 9.17) is 4.74 Å². The van der Waals surface area contributed by atoms with Crippen LogP contribution in [0.4, 0.5) is 10.1 Å². The first kappa shape index (κ1) is 15.3. The van der Waals surface area contributed by atoms with Gasteiger partial charge in [0.15, 0.2) is 0 Å². The lowest BCUT2D eigenvalue weighted by Crippen LogP contribution is -2.26. The molecule has 0 fully saturated rings. The van der Waals surface area contributed by atoms with Crippen molar-refractivity contribution >= 4 is 5.69 Å². The average molecular weight is 289 g/mol. The Bertz CT molecular complexity index is 601. The van der Waals surface area contributed by atoms with E-state index in [2.05, 4.69) is 5.32 Å². The Morgan fingerprint density at radius 1 is 1.14 bits per heavy atom. The Morgan fingerprint density at radius 3 is 2.62 bits per heavy atom. The van der Waals surface area contributed by atoms with E-state index < -0.39 is 6.10 Å². The SMILES string of the molecule is Cc1cccc(OCC(O)CNc2ccc(C)cc2F)c1. The molecule has 0 saturated carbocycles. The van der Waals surface area contributed by atoms with Crippen molar-refractivity contribution in [2.75, 3.05) is 18.5 Å². The molecule has 0 heterocycles. The molecular weight excluding hydrogens is 269 g/mol. The molecule has 0 bridgehead atoms. The molecule has 2 rings (SSSR count). The monoisotopic (exact) mass is 289 g/mol. The van der Waals surface area contributed by atoms with Crippen molar-refractivity contribution in [3.05, 3.63) is 59.4 Å². The first-order valence-corrected chi connectivity index (χ1v) is 6.92. The average Bonchev–Trinajstić information content (AvgIpc) is 2.44. The fourth-order valence-electron chi connectivity index (χ4n) is 1.95. The van der Waals surface area contributed by atoms with Gasteiger partial charge < -0.3 is 15.2 Å². The molecule has 0 radical (unpaired) electrons. The second-order valence-electron chi connectivity index (χ2n) is 5.15. The van der Waals surface area contributed by atoms with Gasteiger partial charge in [-0.05, 0) is 49.2 Å². The zero-order chi connectivity index (χ0) is 15.2. The zero-order valence-corrected chi connectivity index (χ0v) is 12.3. The molecular formula is C17H20FNO2. The summed E-state index contributed by atoms with van der Waals surface area (Å²) in [6.45, 7) is 4.19. The fourth-order valence-corrected chi connectivity index (χ4v) is 1.95. The van der Waals surface area contributed by atoms with E-state index in [9.17, 15) is 9.50 Å². The molecule has 0 amide bonds. The molecule has 0 saturated heterocycles. The number of rotatable bonds is 6. The number of benzene rings is 2. The Hall–Kier alpha value is -2.07. The summed E-state index contributed by atoms with van der Waals surface area (Å²) < 4.78 is 19.1. The summed E-state index contributed by atoms with van der Waals surface area (Å²) >= 11 is 0. The van der Waals surface area contributed by atoms with E-state index in [1.54, 1.807) is 6.07 Å². The number of aryl methyl sites for hydroxylation is 2. The molecule has 4 heteroatoms. The van der Waals surface area contributed by atoms with Crippen molar-refractivity contribution in [3.8, 4) is 5.75 Å². The molecule has 0 aromatic heterocycles. The van der Waals surface area contributed by atoms with Gasteiger partial charge in [0.05, 0.1) is 5.69 Å². The minimum atomic E-state index is -0.716. The highest BCUT2D eigenvalue weighted by Gasteiger charge is 2.07. The van der Waals surface area contributed by atoms with Crippen LogP contribution in [0.1, 0.15) is 11.1 Å². The van der Waals surface area contributed by atoms with Crippen molar-refractivity contribution in [1.29, 1.82) is 0 Å². The number of hydrogen-bond acceptors (Lipinski definition) is 3. The summed E-state index contributed by atoms with van der Waals surface area (Å²) in [6.07, 6.45) is -0.716. The van der Waals surface area contributed by atoms with Crippen LogP contribution in [0.5, 0.6) is 5.75 Å². The molecule has 1 unspecified atom stereocenters. The molecule has 3 nitrogen and oxygen atoms in total. The number of aliphatic hydroxyl groups is 1. The third kappa shape index (κ3) is 4.76. The van der Waals surface area contributed by atoms with E-state index in [0.29, 0.717) is 5.69 Å². The molecule has 0 aliphatic carbocycles. The van der Waals surface area contributed by atoms with Gasteiger partial charge in [-0.25, -0.2) is 4.39 Å².